The molecule has 156 valence electrons. The Kier molecular flexibility index (Phi) is 5.73. The van der Waals surface area contributed by atoms with Gasteiger partial charge >= 0.3 is 0 Å². The van der Waals surface area contributed by atoms with Crippen LogP contribution in [0, 0.1) is 11.3 Å². The molecule has 0 radical (unpaired) electrons. The highest BCUT2D eigenvalue weighted by Gasteiger charge is 2.19. The molecule has 12 heteroatoms. The van der Waals surface area contributed by atoms with Crippen molar-refractivity contribution in [2.75, 3.05) is 4.72 Å². The number of hydrogen-bond donors (Lipinski definition) is 1. The lowest BCUT2D eigenvalue weighted by atomic mass is 10.1. The molecule has 4 rings (SSSR count). The minimum absolute atomic E-state index is 0.0685. The first-order chi connectivity index (χ1) is 14.9. The number of nitrogens with zero attached hydrogens (tertiary/aromatic N) is 5. The van der Waals surface area contributed by atoms with Crippen molar-refractivity contribution in [3.05, 3.63) is 65.0 Å². The van der Waals surface area contributed by atoms with E-state index in [4.69, 9.17) is 4.74 Å². The maximum Gasteiger partial charge on any atom is 0.263 e. The van der Waals surface area contributed by atoms with Crippen LogP contribution in [0.2, 0.25) is 0 Å². The Morgan fingerprint density at radius 2 is 2.00 bits per heavy atom. The number of rotatable bonds is 6. The SMILES string of the molecule is Cn1nccc1-c1cc(Br)ccc1Oc1ccc(S(=O)(=O)Nc2ncns2)cc1C#N. The van der Waals surface area contributed by atoms with E-state index in [-0.39, 0.29) is 21.3 Å². The van der Waals surface area contributed by atoms with Gasteiger partial charge in [0.1, 0.15) is 23.9 Å². The number of benzene rings is 2. The number of aromatic nitrogens is 4. The van der Waals surface area contributed by atoms with E-state index < -0.39 is 10.0 Å². The Morgan fingerprint density at radius 3 is 2.68 bits per heavy atom. The van der Waals surface area contributed by atoms with Crippen LogP contribution >= 0.6 is 27.5 Å². The Bertz CT molecular complexity index is 1390. The van der Waals surface area contributed by atoms with Gasteiger partial charge in [0.15, 0.2) is 0 Å². The van der Waals surface area contributed by atoms with E-state index in [1.807, 2.05) is 31.3 Å². The van der Waals surface area contributed by atoms with Gasteiger partial charge < -0.3 is 4.74 Å². The molecule has 4 aromatic rings. The third-order valence-electron chi connectivity index (χ3n) is 4.22. The molecule has 0 aliphatic carbocycles. The van der Waals surface area contributed by atoms with E-state index in [0.717, 1.165) is 27.3 Å². The topological polar surface area (TPSA) is 123 Å². The van der Waals surface area contributed by atoms with Crippen molar-refractivity contribution in [1.29, 1.82) is 5.26 Å². The van der Waals surface area contributed by atoms with Crippen LogP contribution in [0.25, 0.3) is 11.3 Å². The lowest BCUT2D eigenvalue weighted by molar-refractivity contribution is 0.481. The number of aryl methyl sites for hydroxylation is 1. The number of ether oxygens (including phenoxy) is 1. The fraction of sp³-hybridized carbons (Fsp3) is 0.0526. The standard InChI is InChI=1S/C19H13BrN6O3S2/c1-26-16(6-7-23-26)15-9-13(20)2-4-18(15)29-17-5-3-14(8-12(17)10-21)31(27,28)25-19-22-11-24-30-19/h2-9,11H,1H3,(H,22,24,25). The summed E-state index contributed by atoms with van der Waals surface area (Å²) in [5, 5.41) is 13.9. The summed E-state index contributed by atoms with van der Waals surface area (Å²) in [5.41, 5.74) is 1.64. The summed E-state index contributed by atoms with van der Waals surface area (Å²) in [4.78, 5) is 3.72. The molecule has 2 aromatic heterocycles. The van der Waals surface area contributed by atoms with Crippen LogP contribution < -0.4 is 9.46 Å². The van der Waals surface area contributed by atoms with Crippen molar-refractivity contribution in [3.8, 4) is 28.8 Å². The molecule has 31 heavy (non-hydrogen) atoms. The molecule has 0 saturated heterocycles. The van der Waals surface area contributed by atoms with E-state index in [9.17, 15) is 13.7 Å². The molecular formula is C19H13BrN6O3S2. The fourth-order valence-electron chi connectivity index (χ4n) is 2.79. The van der Waals surface area contributed by atoms with Crippen molar-refractivity contribution in [2.24, 2.45) is 7.05 Å². The Morgan fingerprint density at radius 1 is 1.19 bits per heavy atom. The van der Waals surface area contributed by atoms with E-state index >= 15 is 0 Å². The van der Waals surface area contributed by atoms with Crippen molar-refractivity contribution in [3.63, 3.8) is 0 Å². The highest BCUT2D eigenvalue weighted by atomic mass is 79.9. The first-order valence-electron chi connectivity index (χ1n) is 8.67. The Hall–Kier alpha value is -3.27. The number of nitriles is 1. The van der Waals surface area contributed by atoms with Gasteiger partial charge in [-0.3, -0.25) is 9.40 Å². The zero-order valence-corrected chi connectivity index (χ0v) is 19.1. The van der Waals surface area contributed by atoms with E-state index in [1.54, 1.807) is 16.9 Å². The van der Waals surface area contributed by atoms with Gasteiger partial charge in [0.25, 0.3) is 10.0 Å². The molecule has 0 aliphatic heterocycles. The molecular weight excluding hydrogens is 504 g/mol. The van der Waals surface area contributed by atoms with Crippen molar-refractivity contribution in [1.82, 2.24) is 19.1 Å². The number of halogens is 1. The maximum atomic E-state index is 12.6. The largest absolute Gasteiger partial charge is 0.455 e. The van der Waals surface area contributed by atoms with Gasteiger partial charge in [-0.05, 0) is 42.5 Å². The van der Waals surface area contributed by atoms with Gasteiger partial charge in [0.2, 0.25) is 5.13 Å². The second kappa shape index (κ2) is 8.46. The van der Waals surface area contributed by atoms with Crippen molar-refractivity contribution in [2.45, 2.75) is 4.90 Å². The molecule has 0 aliphatic rings. The van der Waals surface area contributed by atoms with E-state index in [2.05, 4.69) is 35.1 Å². The quantitative estimate of drug-likeness (QED) is 0.407. The van der Waals surface area contributed by atoms with Gasteiger partial charge in [0, 0.05) is 34.8 Å². The summed E-state index contributed by atoms with van der Waals surface area (Å²) in [6, 6.07) is 13.3. The maximum absolute atomic E-state index is 12.6. The van der Waals surface area contributed by atoms with Crippen LogP contribution in [0.1, 0.15) is 5.56 Å². The van der Waals surface area contributed by atoms with Crippen LogP contribution in [0.3, 0.4) is 0 Å². The van der Waals surface area contributed by atoms with Crippen LogP contribution in [-0.2, 0) is 17.1 Å². The van der Waals surface area contributed by atoms with Crippen LogP contribution in [0.15, 0.2) is 64.4 Å². The predicted molar refractivity (Wildman–Crippen MR) is 118 cm³/mol. The minimum Gasteiger partial charge on any atom is -0.455 e. The third-order valence-corrected chi connectivity index (χ3v) is 6.76. The highest BCUT2D eigenvalue weighted by Crippen LogP contribution is 2.36. The van der Waals surface area contributed by atoms with Gasteiger partial charge in [-0.15, -0.1) is 0 Å². The molecule has 0 saturated carbocycles. The lowest BCUT2D eigenvalue weighted by Gasteiger charge is -2.14. The summed E-state index contributed by atoms with van der Waals surface area (Å²) in [7, 11) is -2.12. The first-order valence-corrected chi connectivity index (χ1v) is 11.7. The second-order valence-corrected chi connectivity index (χ2v) is 9.58. The average Bonchev–Trinajstić information content (AvgIpc) is 3.40. The Balaban J connectivity index is 1.70. The first kappa shape index (κ1) is 21.0. The van der Waals surface area contributed by atoms with Crippen molar-refractivity contribution < 1.29 is 13.2 Å². The van der Waals surface area contributed by atoms with Crippen LogP contribution in [-0.4, -0.2) is 27.6 Å². The molecule has 2 aromatic carbocycles. The zero-order valence-electron chi connectivity index (χ0n) is 15.9. The second-order valence-electron chi connectivity index (χ2n) is 6.20. The third kappa shape index (κ3) is 4.43. The molecule has 9 nitrogen and oxygen atoms in total. The number of sulfonamides is 1. The summed E-state index contributed by atoms with van der Waals surface area (Å²) < 4.78 is 39.8. The van der Waals surface area contributed by atoms with Gasteiger partial charge in [-0.1, -0.05) is 15.9 Å². The number of nitrogens with one attached hydrogen (secondary N) is 1. The lowest BCUT2D eigenvalue weighted by Crippen LogP contribution is -2.13. The van der Waals surface area contributed by atoms with Crippen molar-refractivity contribution >= 4 is 42.6 Å². The molecule has 0 unspecified atom stereocenters. The smallest absolute Gasteiger partial charge is 0.263 e. The van der Waals surface area contributed by atoms with Crippen LogP contribution in [0.4, 0.5) is 5.13 Å². The molecule has 2 heterocycles. The van der Waals surface area contributed by atoms with Gasteiger partial charge in [-0.2, -0.15) is 14.7 Å². The van der Waals surface area contributed by atoms with E-state index in [0.29, 0.717) is 5.75 Å². The molecule has 0 spiro atoms. The normalized spacial score (nSPS) is 11.1. The fourth-order valence-corrected chi connectivity index (χ4v) is 4.84. The number of hydrogen-bond acceptors (Lipinski definition) is 8. The molecule has 0 amide bonds. The van der Waals surface area contributed by atoms with Crippen LogP contribution in [0.5, 0.6) is 11.5 Å². The number of anilines is 1. The molecule has 1 N–H and O–H groups in total. The summed E-state index contributed by atoms with van der Waals surface area (Å²) in [5.74, 6) is 0.717. The minimum atomic E-state index is -3.93. The molecule has 0 fully saturated rings. The van der Waals surface area contributed by atoms with Gasteiger partial charge in [-0.25, -0.2) is 13.4 Å². The monoisotopic (exact) mass is 516 g/mol. The summed E-state index contributed by atoms with van der Waals surface area (Å²) >= 11 is 4.37. The predicted octanol–water partition coefficient (Wildman–Crippen LogP) is 4.17. The van der Waals surface area contributed by atoms with E-state index in [1.165, 1.54) is 24.5 Å². The summed E-state index contributed by atoms with van der Waals surface area (Å²) in [6.07, 6.45) is 2.92. The summed E-state index contributed by atoms with van der Waals surface area (Å²) in [6.45, 7) is 0. The molecule has 0 atom stereocenters. The highest BCUT2D eigenvalue weighted by molar-refractivity contribution is 9.10. The van der Waals surface area contributed by atoms with Gasteiger partial charge in [0.05, 0.1) is 16.2 Å². The molecule has 0 bridgehead atoms. The Labute approximate surface area is 190 Å². The average molecular weight is 517 g/mol. The zero-order chi connectivity index (χ0) is 22.0.